The lowest BCUT2D eigenvalue weighted by molar-refractivity contribution is 0.0240. The van der Waals surface area contributed by atoms with Gasteiger partial charge in [0.1, 0.15) is 0 Å². The number of hydrogen-bond donors (Lipinski definition) is 2. The Balaban J connectivity index is 1.32. The van der Waals surface area contributed by atoms with Gasteiger partial charge in [-0.05, 0) is 55.8 Å². The van der Waals surface area contributed by atoms with Gasteiger partial charge in [0, 0.05) is 12.6 Å². The standard InChI is InChI=1S/C16H27NO/c18-16(7-3-1-2-4-8-16)10-17-15-13-11-5-6-12(9-11)14(13)15/h11-15,17-18H,1-10H2. The first-order valence-electron chi connectivity index (χ1n) is 8.23. The van der Waals surface area contributed by atoms with Crippen molar-refractivity contribution in [3.63, 3.8) is 0 Å². The number of rotatable bonds is 3. The van der Waals surface area contributed by atoms with Gasteiger partial charge in [-0.2, -0.15) is 0 Å². The molecule has 4 aliphatic carbocycles. The molecular formula is C16H27NO. The molecule has 2 bridgehead atoms. The molecule has 0 aromatic carbocycles. The molecule has 2 nitrogen and oxygen atoms in total. The summed E-state index contributed by atoms with van der Waals surface area (Å²) in [5, 5.41) is 14.4. The Hall–Kier alpha value is -0.0800. The summed E-state index contributed by atoms with van der Waals surface area (Å²) < 4.78 is 0. The SMILES string of the molecule is OC1(CNC2C3C4CCC(C4)C23)CCCCCC1. The van der Waals surface area contributed by atoms with E-state index < -0.39 is 0 Å². The van der Waals surface area contributed by atoms with E-state index in [1.54, 1.807) is 0 Å². The summed E-state index contributed by atoms with van der Waals surface area (Å²) in [7, 11) is 0. The summed E-state index contributed by atoms with van der Waals surface area (Å²) in [6.07, 6.45) is 11.6. The van der Waals surface area contributed by atoms with Gasteiger partial charge in [0.25, 0.3) is 0 Å². The van der Waals surface area contributed by atoms with Gasteiger partial charge in [-0.15, -0.1) is 0 Å². The maximum absolute atomic E-state index is 10.7. The quantitative estimate of drug-likeness (QED) is 0.754. The van der Waals surface area contributed by atoms with E-state index in [9.17, 15) is 5.11 Å². The third-order valence-electron chi connectivity index (χ3n) is 6.44. The number of nitrogens with one attached hydrogen (secondary N) is 1. The van der Waals surface area contributed by atoms with Crippen LogP contribution in [0.15, 0.2) is 0 Å². The van der Waals surface area contributed by atoms with Gasteiger partial charge in [-0.1, -0.05) is 25.7 Å². The van der Waals surface area contributed by atoms with Crippen molar-refractivity contribution in [3.05, 3.63) is 0 Å². The first-order valence-corrected chi connectivity index (χ1v) is 8.23. The Morgan fingerprint density at radius 1 is 0.944 bits per heavy atom. The fraction of sp³-hybridized carbons (Fsp3) is 1.00. The van der Waals surface area contributed by atoms with E-state index in [0.29, 0.717) is 0 Å². The minimum atomic E-state index is -0.383. The topological polar surface area (TPSA) is 32.3 Å². The maximum Gasteiger partial charge on any atom is 0.0771 e. The van der Waals surface area contributed by atoms with Crippen LogP contribution >= 0.6 is 0 Å². The van der Waals surface area contributed by atoms with Crippen molar-refractivity contribution < 1.29 is 5.11 Å². The largest absolute Gasteiger partial charge is 0.389 e. The molecule has 0 spiro atoms. The normalized spacial score (nSPS) is 48.8. The van der Waals surface area contributed by atoms with E-state index in [1.807, 2.05) is 0 Å². The maximum atomic E-state index is 10.7. The molecule has 4 saturated carbocycles. The van der Waals surface area contributed by atoms with Crippen molar-refractivity contribution in [1.29, 1.82) is 0 Å². The van der Waals surface area contributed by atoms with Crippen molar-refractivity contribution in [3.8, 4) is 0 Å². The minimum Gasteiger partial charge on any atom is -0.389 e. The van der Waals surface area contributed by atoms with Gasteiger partial charge in [0.15, 0.2) is 0 Å². The average molecular weight is 249 g/mol. The van der Waals surface area contributed by atoms with E-state index in [2.05, 4.69) is 5.32 Å². The van der Waals surface area contributed by atoms with E-state index in [0.717, 1.165) is 49.1 Å². The van der Waals surface area contributed by atoms with Crippen LogP contribution < -0.4 is 5.32 Å². The predicted molar refractivity (Wildman–Crippen MR) is 72.3 cm³/mol. The molecule has 2 heteroatoms. The molecule has 2 N–H and O–H groups in total. The highest BCUT2D eigenvalue weighted by atomic mass is 16.3. The molecule has 0 aromatic rings. The zero-order chi connectivity index (χ0) is 12.2. The molecule has 0 amide bonds. The monoisotopic (exact) mass is 249 g/mol. The van der Waals surface area contributed by atoms with Gasteiger partial charge in [-0.25, -0.2) is 0 Å². The van der Waals surface area contributed by atoms with Crippen molar-refractivity contribution in [2.75, 3.05) is 6.54 Å². The van der Waals surface area contributed by atoms with E-state index in [1.165, 1.54) is 44.9 Å². The van der Waals surface area contributed by atoms with Gasteiger partial charge in [0.05, 0.1) is 5.60 Å². The second kappa shape index (κ2) is 4.21. The smallest absolute Gasteiger partial charge is 0.0771 e. The summed E-state index contributed by atoms with van der Waals surface area (Å²) in [6, 6.07) is 0.781. The fourth-order valence-electron chi connectivity index (χ4n) is 5.47. The van der Waals surface area contributed by atoms with Crippen molar-refractivity contribution >= 4 is 0 Å². The highest BCUT2D eigenvalue weighted by molar-refractivity contribution is 5.17. The third kappa shape index (κ3) is 1.84. The zero-order valence-electron chi connectivity index (χ0n) is 11.4. The van der Waals surface area contributed by atoms with Gasteiger partial charge in [-0.3, -0.25) is 0 Å². The Labute approximate surface area is 111 Å². The molecule has 0 heterocycles. The fourth-order valence-corrected chi connectivity index (χ4v) is 5.47. The lowest BCUT2D eigenvalue weighted by atomic mass is 9.94. The number of hydrogen-bond acceptors (Lipinski definition) is 2. The molecule has 4 fully saturated rings. The van der Waals surface area contributed by atoms with Crippen LogP contribution in [0.5, 0.6) is 0 Å². The minimum absolute atomic E-state index is 0.383. The summed E-state index contributed by atoms with van der Waals surface area (Å²) in [4.78, 5) is 0. The van der Waals surface area contributed by atoms with Crippen LogP contribution in [0.25, 0.3) is 0 Å². The molecule has 0 radical (unpaired) electrons. The van der Waals surface area contributed by atoms with Crippen LogP contribution in [0.3, 0.4) is 0 Å². The first kappa shape index (κ1) is 11.7. The van der Waals surface area contributed by atoms with E-state index >= 15 is 0 Å². The second-order valence-electron chi connectivity index (χ2n) is 7.53. The predicted octanol–water partition coefficient (Wildman–Crippen LogP) is 2.71. The van der Waals surface area contributed by atoms with Crippen LogP contribution in [0.2, 0.25) is 0 Å². The second-order valence-corrected chi connectivity index (χ2v) is 7.53. The van der Waals surface area contributed by atoms with Crippen LogP contribution in [0.4, 0.5) is 0 Å². The molecule has 4 aliphatic rings. The lowest BCUT2D eigenvalue weighted by Gasteiger charge is -2.27. The summed E-state index contributed by atoms with van der Waals surface area (Å²) >= 11 is 0. The molecule has 4 rings (SSSR count). The first-order chi connectivity index (χ1) is 8.77. The molecule has 0 aromatic heterocycles. The third-order valence-corrected chi connectivity index (χ3v) is 6.44. The molecule has 0 aliphatic heterocycles. The van der Waals surface area contributed by atoms with Gasteiger partial charge < -0.3 is 10.4 Å². The van der Waals surface area contributed by atoms with Crippen LogP contribution in [-0.4, -0.2) is 23.3 Å². The Kier molecular flexibility index (Phi) is 2.74. The van der Waals surface area contributed by atoms with Crippen LogP contribution in [0, 0.1) is 23.7 Å². The Morgan fingerprint density at radius 2 is 1.56 bits per heavy atom. The highest BCUT2D eigenvalue weighted by Gasteiger charge is 2.64. The van der Waals surface area contributed by atoms with E-state index in [-0.39, 0.29) is 5.60 Å². The van der Waals surface area contributed by atoms with E-state index in [4.69, 9.17) is 0 Å². The molecule has 4 unspecified atom stereocenters. The van der Waals surface area contributed by atoms with Gasteiger partial charge in [0.2, 0.25) is 0 Å². The zero-order valence-corrected chi connectivity index (χ0v) is 11.4. The molecule has 102 valence electrons. The summed E-state index contributed by atoms with van der Waals surface area (Å²) in [6.45, 7) is 0.865. The summed E-state index contributed by atoms with van der Waals surface area (Å²) in [5.74, 6) is 4.08. The Morgan fingerprint density at radius 3 is 2.17 bits per heavy atom. The molecule has 4 atom stereocenters. The highest BCUT2D eigenvalue weighted by Crippen LogP contribution is 2.65. The van der Waals surface area contributed by atoms with Crippen molar-refractivity contribution in [2.24, 2.45) is 23.7 Å². The molecular weight excluding hydrogens is 222 g/mol. The lowest BCUT2D eigenvalue weighted by Crippen LogP contribution is -2.42. The average Bonchev–Trinajstić information content (AvgIpc) is 2.86. The summed E-state index contributed by atoms with van der Waals surface area (Å²) in [5.41, 5.74) is -0.383. The molecule has 0 saturated heterocycles. The van der Waals surface area contributed by atoms with Gasteiger partial charge >= 0.3 is 0 Å². The van der Waals surface area contributed by atoms with Crippen LogP contribution in [-0.2, 0) is 0 Å². The van der Waals surface area contributed by atoms with Crippen molar-refractivity contribution in [1.82, 2.24) is 5.32 Å². The molecule has 18 heavy (non-hydrogen) atoms. The number of aliphatic hydroxyl groups is 1. The number of fused-ring (bicyclic) bond motifs is 5. The van der Waals surface area contributed by atoms with Crippen LogP contribution in [0.1, 0.15) is 57.8 Å². The van der Waals surface area contributed by atoms with Crippen molar-refractivity contribution in [2.45, 2.75) is 69.4 Å². The Bertz CT molecular complexity index is 305.